The van der Waals surface area contributed by atoms with Crippen molar-refractivity contribution in [2.24, 2.45) is 0 Å². The molecule has 2 aromatic carbocycles. The third kappa shape index (κ3) is 4.03. The summed E-state index contributed by atoms with van der Waals surface area (Å²) in [5.74, 6) is 0.750. The maximum atomic E-state index is 12.0. The van der Waals surface area contributed by atoms with Gasteiger partial charge in [0, 0.05) is 6.08 Å². The number of anilines is 2. The van der Waals surface area contributed by atoms with Crippen LogP contribution in [0.15, 0.2) is 60.7 Å². The summed E-state index contributed by atoms with van der Waals surface area (Å²) in [4.78, 5) is 16.1. The summed E-state index contributed by atoms with van der Waals surface area (Å²) < 4.78 is 6.55. The minimum atomic E-state index is -0.346. The lowest BCUT2D eigenvalue weighted by atomic mass is 10.2. The lowest BCUT2D eigenvalue weighted by Gasteiger charge is -2.00. The number of benzene rings is 2. The molecule has 1 amide bonds. The maximum Gasteiger partial charge on any atom is 0.251 e. The van der Waals surface area contributed by atoms with Gasteiger partial charge in [-0.05, 0) is 35.9 Å². The Kier molecular flexibility index (Phi) is 4.75. The first kappa shape index (κ1) is 16.3. The molecule has 3 N–H and O–H groups in total. The molecule has 25 heavy (non-hydrogen) atoms. The average Bonchev–Trinajstić information content (AvgIpc) is 3.01. The second-order valence-corrected chi connectivity index (χ2v) is 5.14. The Bertz CT molecular complexity index is 886. The van der Waals surface area contributed by atoms with Crippen molar-refractivity contribution in [3.8, 4) is 11.4 Å². The van der Waals surface area contributed by atoms with Gasteiger partial charge in [0.1, 0.15) is 5.75 Å². The topological polar surface area (TPSA) is 95.1 Å². The largest absolute Gasteiger partial charge is 0.497 e. The van der Waals surface area contributed by atoms with E-state index in [9.17, 15) is 4.79 Å². The molecule has 0 aliphatic rings. The van der Waals surface area contributed by atoms with Gasteiger partial charge in [0.2, 0.25) is 5.95 Å². The van der Waals surface area contributed by atoms with Gasteiger partial charge < -0.3 is 10.5 Å². The zero-order valence-corrected chi connectivity index (χ0v) is 13.6. The van der Waals surface area contributed by atoms with Crippen molar-refractivity contribution < 1.29 is 9.53 Å². The number of carbonyl (C=O) groups is 1. The number of para-hydroxylation sites is 1. The van der Waals surface area contributed by atoms with E-state index < -0.39 is 0 Å². The first-order valence-electron chi connectivity index (χ1n) is 7.57. The third-order valence-electron chi connectivity index (χ3n) is 3.41. The summed E-state index contributed by atoms with van der Waals surface area (Å²) in [7, 11) is 1.60. The Morgan fingerprint density at radius 3 is 2.56 bits per heavy atom. The van der Waals surface area contributed by atoms with Gasteiger partial charge in [-0.15, -0.1) is 5.10 Å². The molecule has 0 aliphatic heterocycles. The molecule has 7 heteroatoms. The highest BCUT2D eigenvalue weighted by Gasteiger charge is 2.09. The number of nitrogens with two attached hydrogens (primary N) is 1. The molecule has 0 bridgehead atoms. The van der Waals surface area contributed by atoms with E-state index in [-0.39, 0.29) is 17.8 Å². The minimum absolute atomic E-state index is 0.144. The van der Waals surface area contributed by atoms with E-state index in [1.165, 1.54) is 10.8 Å². The quantitative estimate of drug-likeness (QED) is 0.699. The molecular weight excluding hydrogens is 318 g/mol. The molecule has 0 saturated heterocycles. The van der Waals surface area contributed by atoms with Crippen LogP contribution in [-0.2, 0) is 4.79 Å². The number of nitrogens with zero attached hydrogens (tertiary/aromatic N) is 3. The van der Waals surface area contributed by atoms with E-state index >= 15 is 0 Å². The number of carbonyl (C=O) groups excluding carboxylic acids is 1. The van der Waals surface area contributed by atoms with Crippen LogP contribution in [0.25, 0.3) is 11.8 Å². The number of aromatic nitrogens is 3. The molecule has 3 rings (SSSR count). The summed E-state index contributed by atoms with van der Waals surface area (Å²) in [6.45, 7) is 0. The number of amides is 1. The van der Waals surface area contributed by atoms with Crippen LogP contribution in [0.4, 0.5) is 11.9 Å². The Balaban J connectivity index is 1.67. The first-order valence-corrected chi connectivity index (χ1v) is 7.57. The smallest absolute Gasteiger partial charge is 0.251 e. The van der Waals surface area contributed by atoms with Crippen molar-refractivity contribution in [1.29, 1.82) is 0 Å². The Morgan fingerprint density at radius 1 is 1.16 bits per heavy atom. The SMILES string of the molecule is COc1ccc(/C=C/C(=O)Nc2nc(N)n(-c3ccccc3)n2)cc1. The monoisotopic (exact) mass is 335 g/mol. The highest BCUT2D eigenvalue weighted by atomic mass is 16.5. The van der Waals surface area contributed by atoms with Gasteiger partial charge >= 0.3 is 0 Å². The summed E-state index contributed by atoms with van der Waals surface area (Å²) in [6, 6.07) is 16.7. The van der Waals surface area contributed by atoms with Gasteiger partial charge in [-0.2, -0.15) is 9.67 Å². The van der Waals surface area contributed by atoms with Crippen LogP contribution < -0.4 is 15.8 Å². The molecule has 3 aromatic rings. The fraction of sp³-hybridized carbons (Fsp3) is 0.0556. The number of hydrogen-bond donors (Lipinski definition) is 2. The molecule has 126 valence electrons. The van der Waals surface area contributed by atoms with Gasteiger partial charge in [-0.1, -0.05) is 30.3 Å². The molecular formula is C18H17N5O2. The minimum Gasteiger partial charge on any atom is -0.497 e. The van der Waals surface area contributed by atoms with Crippen LogP contribution in [0.3, 0.4) is 0 Å². The van der Waals surface area contributed by atoms with Crippen LogP contribution in [0, 0.1) is 0 Å². The molecule has 0 saturated carbocycles. The van der Waals surface area contributed by atoms with Gasteiger partial charge in [-0.3, -0.25) is 10.1 Å². The number of nitrogen functional groups attached to an aromatic ring is 1. The van der Waals surface area contributed by atoms with Gasteiger partial charge in [0.15, 0.2) is 0 Å². The van der Waals surface area contributed by atoms with Crippen molar-refractivity contribution >= 4 is 23.9 Å². The Labute approximate surface area is 144 Å². The fourth-order valence-electron chi connectivity index (χ4n) is 2.18. The van der Waals surface area contributed by atoms with E-state index in [4.69, 9.17) is 10.5 Å². The van der Waals surface area contributed by atoms with Crippen LogP contribution >= 0.6 is 0 Å². The Morgan fingerprint density at radius 2 is 1.88 bits per heavy atom. The van der Waals surface area contributed by atoms with E-state index in [1.54, 1.807) is 13.2 Å². The van der Waals surface area contributed by atoms with Crippen molar-refractivity contribution in [3.63, 3.8) is 0 Å². The molecule has 0 atom stereocenters. The summed E-state index contributed by atoms with van der Waals surface area (Å²) in [6.07, 6.45) is 3.09. The van der Waals surface area contributed by atoms with Crippen molar-refractivity contribution in [2.45, 2.75) is 0 Å². The van der Waals surface area contributed by atoms with Crippen molar-refractivity contribution in [1.82, 2.24) is 14.8 Å². The fourth-order valence-corrected chi connectivity index (χ4v) is 2.18. The van der Waals surface area contributed by atoms with Crippen LogP contribution in [0.1, 0.15) is 5.56 Å². The standard InChI is InChI=1S/C18H17N5O2/c1-25-15-10-7-13(8-11-15)9-12-16(24)20-18-21-17(19)23(22-18)14-5-3-2-4-6-14/h2-12H,1H3,(H3,19,20,21,22,24)/b12-9+. The molecule has 0 radical (unpaired) electrons. The van der Waals surface area contributed by atoms with Gasteiger partial charge in [0.05, 0.1) is 12.8 Å². The summed E-state index contributed by atoms with van der Waals surface area (Å²) >= 11 is 0. The van der Waals surface area contributed by atoms with Crippen LogP contribution in [-0.4, -0.2) is 27.8 Å². The second kappa shape index (κ2) is 7.31. The summed E-state index contributed by atoms with van der Waals surface area (Å²) in [5.41, 5.74) is 7.49. The highest BCUT2D eigenvalue weighted by Crippen LogP contribution is 2.14. The van der Waals surface area contributed by atoms with Gasteiger partial charge in [-0.25, -0.2) is 0 Å². The van der Waals surface area contributed by atoms with Crippen LogP contribution in [0.2, 0.25) is 0 Å². The normalized spacial score (nSPS) is 10.8. The zero-order chi connectivity index (χ0) is 17.6. The Hall–Kier alpha value is -3.61. The molecule has 0 unspecified atom stereocenters. The summed E-state index contributed by atoms with van der Waals surface area (Å²) in [5, 5.41) is 6.79. The number of nitrogens with one attached hydrogen (secondary N) is 1. The van der Waals surface area contributed by atoms with Crippen molar-refractivity contribution in [2.75, 3.05) is 18.2 Å². The maximum absolute atomic E-state index is 12.0. The molecule has 0 fully saturated rings. The average molecular weight is 335 g/mol. The number of hydrogen-bond acceptors (Lipinski definition) is 5. The number of methoxy groups -OCH3 is 1. The van der Waals surface area contributed by atoms with E-state index in [0.29, 0.717) is 0 Å². The molecule has 0 aliphatic carbocycles. The van der Waals surface area contributed by atoms with E-state index in [1.807, 2.05) is 54.6 Å². The van der Waals surface area contributed by atoms with Gasteiger partial charge in [0.25, 0.3) is 11.9 Å². The van der Waals surface area contributed by atoms with Crippen molar-refractivity contribution in [3.05, 3.63) is 66.2 Å². The lowest BCUT2D eigenvalue weighted by molar-refractivity contribution is -0.111. The predicted octanol–water partition coefficient (Wildman–Crippen LogP) is 2.51. The molecule has 0 spiro atoms. The van der Waals surface area contributed by atoms with E-state index in [2.05, 4.69) is 15.4 Å². The second-order valence-electron chi connectivity index (χ2n) is 5.14. The lowest BCUT2D eigenvalue weighted by Crippen LogP contribution is -2.09. The van der Waals surface area contributed by atoms with E-state index in [0.717, 1.165) is 17.0 Å². The molecule has 1 aromatic heterocycles. The predicted molar refractivity (Wildman–Crippen MR) is 96.4 cm³/mol. The highest BCUT2D eigenvalue weighted by molar-refractivity contribution is 6.00. The zero-order valence-electron chi connectivity index (χ0n) is 13.6. The number of ether oxygens (including phenoxy) is 1. The molecule has 7 nitrogen and oxygen atoms in total. The first-order chi connectivity index (χ1) is 12.2. The molecule has 1 heterocycles. The van der Waals surface area contributed by atoms with Crippen LogP contribution in [0.5, 0.6) is 5.75 Å². The third-order valence-corrected chi connectivity index (χ3v) is 3.41. The number of rotatable bonds is 5.